The molecule has 7 heteroatoms. The lowest BCUT2D eigenvalue weighted by Crippen LogP contribution is -2.46. The summed E-state index contributed by atoms with van der Waals surface area (Å²) in [4.78, 5) is 25.6. The second kappa shape index (κ2) is 9.83. The van der Waals surface area contributed by atoms with Gasteiger partial charge in [-0.1, -0.05) is 86.2 Å². The number of nitrogens with zero attached hydrogens (tertiary/aromatic N) is 2. The molecule has 162 valence electrons. The van der Waals surface area contributed by atoms with Gasteiger partial charge in [-0.05, 0) is 24.0 Å². The average molecular weight is 437 g/mol. The van der Waals surface area contributed by atoms with Gasteiger partial charge in [0.2, 0.25) is 16.9 Å². The Morgan fingerprint density at radius 3 is 2.45 bits per heavy atom. The maximum absolute atomic E-state index is 13.0. The Kier molecular flexibility index (Phi) is 7.17. The summed E-state index contributed by atoms with van der Waals surface area (Å²) in [6.45, 7) is 7.99. The number of anilines is 1. The molecule has 3 rings (SSSR count). The summed E-state index contributed by atoms with van der Waals surface area (Å²) in [5.74, 6) is -0.459. The molecule has 0 fully saturated rings. The van der Waals surface area contributed by atoms with Crippen molar-refractivity contribution in [2.24, 2.45) is 5.41 Å². The predicted molar refractivity (Wildman–Crippen MR) is 125 cm³/mol. The van der Waals surface area contributed by atoms with Crippen molar-refractivity contribution in [1.29, 1.82) is 0 Å². The van der Waals surface area contributed by atoms with Crippen LogP contribution in [0.3, 0.4) is 0 Å². The van der Waals surface area contributed by atoms with Gasteiger partial charge in [-0.3, -0.25) is 14.9 Å². The monoisotopic (exact) mass is 436 g/mol. The third kappa shape index (κ3) is 7.00. The molecule has 2 amide bonds. The largest absolute Gasteiger partial charge is 0.344 e. The maximum atomic E-state index is 13.0. The van der Waals surface area contributed by atoms with Gasteiger partial charge in [0.1, 0.15) is 11.0 Å². The number of carbonyl (C=O) groups excluding carboxylic acids is 2. The lowest BCUT2D eigenvalue weighted by atomic mass is 9.91. The minimum Gasteiger partial charge on any atom is -0.344 e. The number of nitrogens with one attached hydrogen (secondary N) is 2. The second-order valence-electron chi connectivity index (χ2n) is 8.82. The number of amides is 2. The van der Waals surface area contributed by atoms with E-state index in [1.165, 1.54) is 11.3 Å². The van der Waals surface area contributed by atoms with Gasteiger partial charge in [-0.2, -0.15) is 0 Å². The molecule has 3 aromatic rings. The molecule has 0 aliphatic carbocycles. The van der Waals surface area contributed by atoms with Crippen molar-refractivity contribution in [2.45, 2.75) is 46.6 Å². The Hall–Kier alpha value is -3.06. The first kappa shape index (κ1) is 22.6. The number of aromatic nitrogens is 2. The fourth-order valence-corrected chi connectivity index (χ4v) is 3.89. The van der Waals surface area contributed by atoms with Crippen LogP contribution in [-0.2, 0) is 16.0 Å². The Labute approximate surface area is 187 Å². The van der Waals surface area contributed by atoms with Crippen LogP contribution in [0.1, 0.15) is 38.3 Å². The summed E-state index contributed by atoms with van der Waals surface area (Å²) >= 11 is 1.31. The zero-order valence-electron chi connectivity index (χ0n) is 18.3. The predicted octanol–water partition coefficient (Wildman–Crippen LogP) is 4.62. The standard InChI is InChI=1S/C24H28N4O2S/c1-16-9-8-12-18(13-16)22-27-28-23(31-22)26-21(30)19(14-17-10-6-5-7-11-17)25-20(29)15-24(2,3)4/h5-13,19H,14-15H2,1-4H3,(H,25,29)(H,26,28,30)/t19-/m1/s1. The van der Waals surface area contributed by atoms with E-state index in [2.05, 4.69) is 20.8 Å². The van der Waals surface area contributed by atoms with Gasteiger partial charge in [0.25, 0.3) is 0 Å². The molecule has 1 heterocycles. The van der Waals surface area contributed by atoms with Crippen LogP contribution in [0.25, 0.3) is 10.6 Å². The maximum Gasteiger partial charge on any atom is 0.249 e. The van der Waals surface area contributed by atoms with Gasteiger partial charge in [0.15, 0.2) is 0 Å². The number of aryl methyl sites for hydroxylation is 1. The summed E-state index contributed by atoms with van der Waals surface area (Å²) in [5.41, 5.74) is 2.89. The quantitative estimate of drug-likeness (QED) is 0.566. The van der Waals surface area contributed by atoms with Crippen molar-refractivity contribution in [1.82, 2.24) is 15.5 Å². The van der Waals surface area contributed by atoms with E-state index in [1.807, 2.05) is 82.3 Å². The lowest BCUT2D eigenvalue weighted by molar-refractivity contribution is -0.127. The third-order valence-corrected chi connectivity index (χ3v) is 5.43. The highest BCUT2D eigenvalue weighted by Crippen LogP contribution is 2.27. The van der Waals surface area contributed by atoms with Crippen molar-refractivity contribution in [3.8, 4) is 10.6 Å². The molecule has 1 atom stereocenters. The van der Waals surface area contributed by atoms with Crippen LogP contribution in [0, 0.1) is 12.3 Å². The Morgan fingerprint density at radius 2 is 1.77 bits per heavy atom. The molecular weight excluding hydrogens is 408 g/mol. The average Bonchev–Trinajstić information content (AvgIpc) is 3.15. The molecule has 0 aliphatic rings. The van der Waals surface area contributed by atoms with Crippen LogP contribution < -0.4 is 10.6 Å². The van der Waals surface area contributed by atoms with E-state index in [-0.39, 0.29) is 17.2 Å². The summed E-state index contributed by atoms with van der Waals surface area (Å²) < 4.78 is 0. The number of rotatable bonds is 7. The van der Waals surface area contributed by atoms with Crippen molar-refractivity contribution >= 4 is 28.3 Å². The smallest absolute Gasteiger partial charge is 0.249 e. The van der Waals surface area contributed by atoms with Crippen molar-refractivity contribution in [3.05, 3.63) is 65.7 Å². The SMILES string of the molecule is Cc1cccc(-c2nnc(NC(=O)[C@@H](Cc3ccccc3)NC(=O)CC(C)(C)C)s2)c1. The minimum atomic E-state index is -0.705. The molecular formula is C24H28N4O2S. The molecule has 0 radical (unpaired) electrons. The molecule has 2 aromatic carbocycles. The highest BCUT2D eigenvalue weighted by atomic mass is 32.1. The van der Waals surface area contributed by atoms with Crippen LogP contribution >= 0.6 is 11.3 Å². The van der Waals surface area contributed by atoms with E-state index in [0.717, 1.165) is 21.7 Å². The van der Waals surface area contributed by atoms with E-state index in [0.29, 0.717) is 18.0 Å². The summed E-state index contributed by atoms with van der Waals surface area (Å²) in [7, 11) is 0. The van der Waals surface area contributed by atoms with Crippen molar-refractivity contribution in [3.63, 3.8) is 0 Å². The Bertz CT molecular complexity index is 1040. The molecule has 2 N–H and O–H groups in total. The zero-order valence-corrected chi connectivity index (χ0v) is 19.1. The van der Waals surface area contributed by atoms with Crippen LogP contribution in [0.15, 0.2) is 54.6 Å². The van der Waals surface area contributed by atoms with Crippen LogP contribution in [0.5, 0.6) is 0 Å². The normalized spacial score (nSPS) is 12.3. The van der Waals surface area contributed by atoms with E-state index >= 15 is 0 Å². The summed E-state index contributed by atoms with van der Waals surface area (Å²) in [6, 6.07) is 16.9. The van der Waals surface area contributed by atoms with E-state index in [9.17, 15) is 9.59 Å². The fourth-order valence-electron chi connectivity index (χ4n) is 3.15. The first-order valence-electron chi connectivity index (χ1n) is 10.2. The Morgan fingerprint density at radius 1 is 1.03 bits per heavy atom. The van der Waals surface area contributed by atoms with Gasteiger partial charge < -0.3 is 5.32 Å². The third-order valence-electron chi connectivity index (χ3n) is 4.55. The zero-order chi connectivity index (χ0) is 22.4. The summed E-state index contributed by atoms with van der Waals surface area (Å²) in [6.07, 6.45) is 0.730. The second-order valence-corrected chi connectivity index (χ2v) is 9.80. The van der Waals surface area contributed by atoms with E-state index in [4.69, 9.17) is 0 Å². The molecule has 0 unspecified atom stereocenters. The highest BCUT2D eigenvalue weighted by molar-refractivity contribution is 7.18. The molecule has 0 spiro atoms. The van der Waals surface area contributed by atoms with Crippen molar-refractivity contribution in [2.75, 3.05) is 5.32 Å². The van der Waals surface area contributed by atoms with Crippen LogP contribution in [0.2, 0.25) is 0 Å². The van der Waals surface area contributed by atoms with Gasteiger partial charge in [0, 0.05) is 18.4 Å². The highest BCUT2D eigenvalue weighted by Gasteiger charge is 2.25. The van der Waals surface area contributed by atoms with Gasteiger partial charge in [-0.25, -0.2) is 0 Å². The van der Waals surface area contributed by atoms with E-state index < -0.39 is 6.04 Å². The molecule has 0 aliphatic heterocycles. The van der Waals surface area contributed by atoms with Crippen LogP contribution in [-0.4, -0.2) is 28.1 Å². The first-order valence-corrected chi connectivity index (χ1v) is 11.1. The number of hydrogen-bond acceptors (Lipinski definition) is 5. The molecule has 0 saturated heterocycles. The molecule has 6 nitrogen and oxygen atoms in total. The number of benzene rings is 2. The lowest BCUT2D eigenvalue weighted by Gasteiger charge is -2.22. The molecule has 31 heavy (non-hydrogen) atoms. The molecule has 0 saturated carbocycles. The minimum absolute atomic E-state index is 0.152. The topological polar surface area (TPSA) is 84.0 Å². The van der Waals surface area contributed by atoms with Gasteiger partial charge in [-0.15, -0.1) is 10.2 Å². The molecule has 0 bridgehead atoms. The first-order chi connectivity index (χ1) is 14.7. The van der Waals surface area contributed by atoms with E-state index in [1.54, 1.807) is 0 Å². The fraction of sp³-hybridized carbons (Fsp3) is 0.333. The molecule has 1 aromatic heterocycles. The number of carbonyl (C=O) groups is 2. The summed E-state index contributed by atoms with van der Waals surface area (Å²) in [5, 5.41) is 15.2. The van der Waals surface area contributed by atoms with Gasteiger partial charge in [0.05, 0.1) is 0 Å². The van der Waals surface area contributed by atoms with Crippen molar-refractivity contribution < 1.29 is 9.59 Å². The Balaban J connectivity index is 1.74. The number of hydrogen-bond donors (Lipinski definition) is 2. The van der Waals surface area contributed by atoms with Crippen LogP contribution in [0.4, 0.5) is 5.13 Å². The van der Waals surface area contributed by atoms with Gasteiger partial charge >= 0.3 is 0 Å².